The summed E-state index contributed by atoms with van der Waals surface area (Å²) in [6, 6.07) is 7.55. The van der Waals surface area contributed by atoms with Crippen molar-refractivity contribution in [2.24, 2.45) is 0 Å². The third-order valence-electron chi connectivity index (χ3n) is 4.37. The molecular weight excluding hydrogens is 312 g/mol. The fraction of sp³-hybridized carbons (Fsp3) is 0.353. The third-order valence-corrected chi connectivity index (χ3v) is 5.24. The van der Waals surface area contributed by atoms with E-state index < -0.39 is 24.0 Å². The highest BCUT2D eigenvalue weighted by molar-refractivity contribution is 7.13. The minimum absolute atomic E-state index is 0.450. The molecule has 0 unspecified atom stereocenters. The van der Waals surface area contributed by atoms with Crippen LogP contribution in [0, 0.1) is 0 Å². The Labute approximate surface area is 140 Å². The molecule has 0 spiro atoms. The molecule has 0 N–H and O–H groups in total. The van der Waals surface area contributed by atoms with Crippen molar-refractivity contribution in [3.63, 3.8) is 0 Å². The predicted molar refractivity (Wildman–Crippen MR) is 92.7 cm³/mol. The summed E-state index contributed by atoms with van der Waals surface area (Å²) < 4.78 is 26.2. The number of halogens is 1. The average molecular weight is 331 g/mol. The highest BCUT2D eigenvalue weighted by atomic mass is 32.1. The Bertz CT molecular complexity index is 712. The Kier molecular flexibility index (Phi) is 4.17. The van der Waals surface area contributed by atoms with E-state index in [1.807, 2.05) is 51.3 Å². The van der Waals surface area contributed by atoms with Gasteiger partial charge in [0.25, 0.3) is 0 Å². The van der Waals surface area contributed by atoms with Crippen molar-refractivity contribution in [1.82, 2.24) is 4.98 Å². The molecule has 0 atom stereocenters. The molecule has 0 bridgehead atoms. The predicted octanol–water partition coefficient (Wildman–Crippen LogP) is 4.75. The van der Waals surface area contributed by atoms with Crippen molar-refractivity contribution in [3.05, 3.63) is 47.1 Å². The molecule has 2 aromatic heterocycles. The number of rotatable bonds is 3. The molecule has 2 aromatic rings. The molecule has 1 saturated heterocycles. The lowest BCUT2D eigenvalue weighted by atomic mass is 9.86. The summed E-state index contributed by atoms with van der Waals surface area (Å²) in [6.07, 6.45) is 3.16. The first-order chi connectivity index (χ1) is 10.8. The van der Waals surface area contributed by atoms with Gasteiger partial charge in [0.1, 0.15) is 5.73 Å². The van der Waals surface area contributed by atoms with Crippen molar-refractivity contribution >= 4 is 24.5 Å². The Morgan fingerprint density at radius 3 is 2.48 bits per heavy atom. The fourth-order valence-electron chi connectivity index (χ4n) is 2.33. The maximum Gasteiger partial charge on any atom is 0.525 e. The third kappa shape index (κ3) is 3.11. The highest BCUT2D eigenvalue weighted by Crippen LogP contribution is 2.39. The van der Waals surface area contributed by atoms with Gasteiger partial charge in [0, 0.05) is 11.8 Å². The van der Waals surface area contributed by atoms with E-state index in [-0.39, 0.29) is 0 Å². The van der Waals surface area contributed by atoms with Crippen molar-refractivity contribution in [2.75, 3.05) is 0 Å². The summed E-state index contributed by atoms with van der Waals surface area (Å²) in [4.78, 5) is 5.37. The van der Waals surface area contributed by atoms with Gasteiger partial charge in [0.15, 0.2) is 0 Å². The van der Waals surface area contributed by atoms with Crippen LogP contribution in [0.3, 0.4) is 0 Å². The van der Waals surface area contributed by atoms with Crippen LogP contribution in [-0.2, 0) is 9.31 Å². The number of hydrogen-bond acceptors (Lipinski definition) is 4. The molecule has 3 heterocycles. The molecule has 0 amide bonds. The number of thiophene rings is 1. The van der Waals surface area contributed by atoms with Gasteiger partial charge in [-0.3, -0.25) is 4.98 Å². The molecule has 1 aliphatic heterocycles. The first-order valence-corrected chi connectivity index (χ1v) is 8.40. The van der Waals surface area contributed by atoms with Crippen LogP contribution < -0.4 is 0 Å². The lowest BCUT2D eigenvalue weighted by Crippen LogP contribution is -2.41. The van der Waals surface area contributed by atoms with Gasteiger partial charge in [-0.25, -0.2) is 4.39 Å². The van der Waals surface area contributed by atoms with Crippen LogP contribution in [0.1, 0.15) is 33.3 Å². The number of hydrogen-bond donors (Lipinski definition) is 0. The molecular formula is C17H19BFNO2S. The summed E-state index contributed by atoms with van der Waals surface area (Å²) in [5, 5.41) is 1.97. The van der Waals surface area contributed by atoms with E-state index in [0.29, 0.717) is 5.56 Å². The summed E-state index contributed by atoms with van der Waals surface area (Å²) in [6.45, 7) is 7.62. The lowest BCUT2D eigenvalue weighted by molar-refractivity contribution is 0.00578. The van der Waals surface area contributed by atoms with Crippen molar-refractivity contribution in [1.29, 1.82) is 0 Å². The topological polar surface area (TPSA) is 31.4 Å². The maximum atomic E-state index is 14.7. The Hall–Kier alpha value is -1.50. The Balaban J connectivity index is 1.91. The maximum absolute atomic E-state index is 14.7. The largest absolute Gasteiger partial charge is 0.525 e. The standard InChI is InChI=1S/C17H19BFNO2S/c1-16(2)17(3,4)22-18(21-16)14(19)11-12-7-5-9-20-15(12)13-8-6-10-23-13/h5-11H,1-4H3. The van der Waals surface area contributed by atoms with E-state index in [4.69, 9.17) is 9.31 Å². The van der Waals surface area contributed by atoms with Gasteiger partial charge in [-0.05, 0) is 51.3 Å². The molecule has 0 saturated carbocycles. The quantitative estimate of drug-likeness (QED) is 0.761. The van der Waals surface area contributed by atoms with Gasteiger partial charge in [0.2, 0.25) is 0 Å². The zero-order valence-corrected chi connectivity index (χ0v) is 14.5. The van der Waals surface area contributed by atoms with Gasteiger partial charge in [0.05, 0.1) is 21.8 Å². The van der Waals surface area contributed by atoms with Crippen LogP contribution in [0.4, 0.5) is 4.39 Å². The smallest absolute Gasteiger partial charge is 0.398 e. The minimum atomic E-state index is -0.989. The van der Waals surface area contributed by atoms with Crippen molar-refractivity contribution < 1.29 is 13.7 Å². The molecule has 0 aromatic carbocycles. The van der Waals surface area contributed by atoms with E-state index in [9.17, 15) is 4.39 Å². The van der Waals surface area contributed by atoms with E-state index in [1.54, 1.807) is 23.6 Å². The van der Waals surface area contributed by atoms with Crippen molar-refractivity contribution in [3.8, 4) is 10.6 Å². The zero-order valence-electron chi connectivity index (χ0n) is 13.7. The second-order valence-corrected chi connectivity index (χ2v) is 7.48. The Morgan fingerprint density at radius 1 is 1.17 bits per heavy atom. The van der Waals surface area contributed by atoms with E-state index in [2.05, 4.69) is 4.98 Å². The van der Waals surface area contributed by atoms with Crippen LogP contribution in [0.5, 0.6) is 0 Å². The van der Waals surface area contributed by atoms with Crippen LogP contribution in [0.25, 0.3) is 16.6 Å². The summed E-state index contributed by atoms with van der Waals surface area (Å²) in [7, 11) is -0.989. The monoisotopic (exact) mass is 331 g/mol. The van der Waals surface area contributed by atoms with Gasteiger partial charge >= 0.3 is 7.12 Å². The van der Waals surface area contributed by atoms with E-state index in [1.165, 1.54) is 6.08 Å². The molecule has 6 heteroatoms. The lowest BCUT2D eigenvalue weighted by Gasteiger charge is -2.32. The highest BCUT2D eigenvalue weighted by Gasteiger charge is 2.53. The molecule has 120 valence electrons. The van der Waals surface area contributed by atoms with Gasteiger partial charge < -0.3 is 9.31 Å². The molecule has 3 rings (SSSR count). The van der Waals surface area contributed by atoms with Gasteiger partial charge in [-0.15, -0.1) is 11.3 Å². The molecule has 1 fully saturated rings. The van der Waals surface area contributed by atoms with Crippen molar-refractivity contribution in [2.45, 2.75) is 38.9 Å². The van der Waals surface area contributed by atoms with E-state index >= 15 is 0 Å². The molecule has 23 heavy (non-hydrogen) atoms. The second kappa shape index (κ2) is 5.85. The van der Waals surface area contributed by atoms with E-state index in [0.717, 1.165) is 10.6 Å². The summed E-state index contributed by atoms with van der Waals surface area (Å²) in [5.74, 6) is 0. The van der Waals surface area contributed by atoms with Crippen LogP contribution in [0.2, 0.25) is 0 Å². The summed E-state index contributed by atoms with van der Waals surface area (Å²) >= 11 is 1.57. The van der Waals surface area contributed by atoms with Gasteiger partial charge in [-0.1, -0.05) is 12.1 Å². The van der Waals surface area contributed by atoms with Crippen LogP contribution in [-0.4, -0.2) is 23.3 Å². The summed E-state index contributed by atoms with van der Waals surface area (Å²) in [5.41, 5.74) is -0.103. The first kappa shape index (κ1) is 16.4. The first-order valence-electron chi connectivity index (χ1n) is 7.52. The SMILES string of the molecule is CC1(C)OB(C(F)=Cc2cccnc2-c2cccs2)OC1(C)C. The van der Waals surface area contributed by atoms with Crippen LogP contribution >= 0.6 is 11.3 Å². The number of pyridine rings is 1. The van der Waals surface area contributed by atoms with Crippen LogP contribution in [0.15, 0.2) is 41.6 Å². The molecule has 0 radical (unpaired) electrons. The van der Waals surface area contributed by atoms with Gasteiger partial charge in [-0.2, -0.15) is 0 Å². The minimum Gasteiger partial charge on any atom is -0.398 e. The second-order valence-electron chi connectivity index (χ2n) is 6.54. The average Bonchev–Trinajstić information content (AvgIpc) is 3.06. The molecule has 0 aliphatic carbocycles. The molecule has 3 nitrogen and oxygen atoms in total. The Morgan fingerprint density at radius 2 is 1.87 bits per heavy atom. The fourth-order valence-corrected chi connectivity index (χ4v) is 3.07. The zero-order chi connectivity index (χ0) is 16.7. The number of aromatic nitrogens is 1. The molecule has 1 aliphatic rings. The normalized spacial score (nSPS) is 20.0. The number of nitrogens with zero attached hydrogens (tertiary/aromatic N) is 1.